The van der Waals surface area contributed by atoms with Crippen molar-refractivity contribution in [1.82, 2.24) is 0 Å². The molecule has 0 aliphatic heterocycles. The minimum absolute atomic E-state index is 0.481. The summed E-state index contributed by atoms with van der Waals surface area (Å²) in [6, 6.07) is 7.10. The van der Waals surface area contributed by atoms with Crippen molar-refractivity contribution in [1.29, 1.82) is 0 Å². The van der Waals surface area contributed by atoms with Crippen molar-refractivity contribution >= 4 is 0 Å². The number of hydrogen-bond acceptors (Lipinski definition) is 0. The molecule has 1 aromatic carbocycles. The number of aryl methyl sites for hydroxylation is 1. The Balaban J connectivity index is 2.36. The molecule has 0 nitrogen and oxygen atoms in total. The maximum absolute atomic E-state index is 3.88. The van der Waals surface area contributed by atoms with Crippen LogP contribution in [-0.2, 0) is 6.42 Å². The molecule has 0 radical (unpaired) electrons. The molecule has 80 valence electrons. The standard InChI is InChI=1S/C15H20/c1-4-11(3)14-8-12(5-2)9-15(10-14)13-6-7-13/h4,8-11,13H,1,5-7H2,2-3H3. The van der Waals surface area contributed by atoms with E-state index in [0.29, 0.717) is 5.92 Å². The van der Waals surface area contributed by atoms with Gasteiger partial charge >= 0.3 is 0 Å². The molecular weight excluding hydrogens is 180 g/mol. The zero-order chi connectivity index (χ0) is 10.8. The molecule has 0 N–H and O–H groups in total. The quantitative estimate of drug-likeness (QED) is 0.631. The lowest BCUT2D eigenvalue weighted by molar-refractivity contribution is 0.947. The summed E-state index contributed by atoms with van der Waals surface area (Å²) < 4.78 is 0. The Morgan fingerprint density at radius 1 is 1.40 bits per heavy atom. The lowest BCUT2D eigenvalue weighted by Crippen LogP contribution is -1.94. The Hall–Kier alpha value is -1.04. The lowest BCUT2D eigenvalue weighted by Gasteiger charge is -2.11. The van der Waals surface area contributed by atoms with E-state index in [0.717, 1.165) is 12.3 Å². The molecule has 1 aliphatic rings. The van der Waals surface area contributed by atoms with E-state index in [1.165, 1.54) is 24.0 Å². The first-order valence-electron chi connectivity index (χ1n) is 6.01. The lowest BCUT2D eigenvalue weighted by atomic mass is 9.94. The van der Waals surface area contributed by atoms with Gasteiger partial charge in [-0.25, -0.2) is 0 Å². The predicted octanol–water partition coefficient (Wildman–Crippen LogP) is 4.42. The third-order valence-electron chi connectivity index (χ3n) is 3.37. The number of benzene rings is 1. The average Bonchev–Trinajstić information content (AvgIpc) is 3.11. The largest absolute Gasteiger partial charge is 0.102 e. The summed E-state index contributed by atoms with van der Waals surface area (Å²) in [5, 5.41) is 0. The first kappa shape index (κ1) is 10.5. The maximum Gasteiger partial charge on any atom is -0.00129 e. The van der Waals surface area contributed by atoms with Crippen molar-refractivity contribution in [3.63, 3.8) is 0 Å². The average molecular weight is 200 g/mol. The van der Waals surface area contributed by atoms with Gasteiger partial charge in [-0.15, -0.1) is 6.58 Å². The van der Waals surface area contributed by atoms with E-state index in [1.54, 1.807) is 5.56 Å². The SMILES string of the molecule is C=CC(C)c1cc(CC)cc(C2CC2)c1. The Labute approximate surface area is 93.0 Å². The van der Waals surface area contributed by atoms with Crippen LogP contribution in [0.15, 0.2) is 30.9 Å². The molecule has 1 aromatic rings. The fourth-order valence-corrected chi connectivity index (χ4v) is 2.00. The molecule has 0 bridgehead atoms. The van der Waals surface area contributed by atoms with Crippen LogP contribution < -0.4 is 0 Å². The first-order valence-corrected chi connectivity index (χ1v) is 6.01. The van der Waals surface area contributed by atoms with Gasteiger partial charge in [0.15, 0.2) is 0 Å². The molecule has 0 saturated heterocycles. The van der Waals surface area contributed by atoms with Crippen molar-refractivity contribution in [2.75, 3.05) is 0 Å². The van der Waals surface area contributed by atoms with E-state index in [9.17, 15) is 0 Å². The van der Waals surface area contributed by atoms with Gasteiger partial charge in [0.2, 0.25) is 0 Å². The van der Waals surface area contributed by atoms with Crippen LogP contribution in [0.2, 0.25) is 0 Å². The van der Waals surface area contributed by atoms with Crippen LogP contribution in [0.1, 0.15) is 55.2 Å². The van der Waals surface area contributed by atoms with Gasteiger partial charge in [0, 0.05) is 0 Å². The zero-order valence-electron chi connectivity index (χ0n) is 9.79. The van der Waals surface area contributed by atoms with Crippen LogP contribution >= 0.6 is 0 Å². The van der Waals surface area contributed by atoms with Gasteiger partial charge < -0.3 is 0 Å². The molecule has 0 heterocycles. The predicted molar refractivity (Wildman–Crippen MR) is 66.4 cm³/mol. The van der Waals surface area contributed by atoms with Gasteiger partial charge in [-0.2, -0.15) is 0 Å². The summed E-state index contributed by atoms with van der Waals surface area (Å²) in [6.45, 7) is 8.33. The van der Waals surface area contributed by atoms with Gasteiger partial charge in [0.05, 0.1) is 0 Å². The fraction of sp³-hybridized carbons (Fsp3) is 0.467. The molecule has 0 aromatic heterocycles. The molecule has 1 atom stereocenters. The number of hydrogen-bond donors (Lipinski definition) is 0. The maximum atomic E-state index is 3.88. The molecule has 1 fully saturated rings. The van der Waals surface area contributed by atoms with Gasteiger partial charge in [0.1, 0.15) is 0 Å². The van der Waals surface area contributed by atoms with E-state index in [1.807, 2.05) is 6.08 Å². The van der Waals surface area contributed by atoms with Crippen molar-refractivity contribution < 1.29 is 0 Å². The van der Waals surface area contributed by atoms with E-state index in [4.69, 9.17) is 0 Å². The summed E-state index contributed by atoms with van der Waals surface area (Å²) in [7, 11) is 0. The van der Waals surface area contributed by atoms with Crippen LogP contribution in [0.5, 0.6) is 0 Å². The van der Waals surface area contributed by atoms with Crippen molar-refractivity contribution in [2.45, 2.75) is 44.9 Å². The second kappa shape index (κ2) is 4.22. The Morgan fingerprint density at radius 2 is 2.13 bits per heavy atom. The molecule has 1 aliphatic carbocycles. The topological polar surface area (TPSA) is 0 Å². The Bertz CT molecular complexity index is 358. The second-order valence-corrected chi connectivity index (χ2v) is 4.66. The van der Waals surface area contributed by atoms with Crippen LogP contribution in [0.25, 0.3) is 0 Å². The normalized spacial score (nSPS) is 17.5. The Kier molecular flexibility index (Phi) is 2.95. The highest BCUT2D eigenvalue weighted by Gasteiger charge is 2.24. The molecule has 1 saturated carbocycles. The first-order chi connectivity index (χ1) is 7.24. The molecule has 0 amide bonds. The van der Waals surface area contributed by atoms with Gasteiger partial charge in [-0.05, 0) is 47.8 Å². The molecule has 1 unspecified atom stereocenters. The summed E-state index contributed by atoms with van der Waals surface area (Å²) in [5.74, 6) is 1.33. The van der Waals surface area contributed by atoms with Crippen molar-refractivity contribution in [3.05, 3.63) is 47.5 Å². The van der Waals surface area contributed by atoms with Gasteiger partial charge in [-0.1, -0.05) is 38.1 Å². The van der Waals surface area contributed by atoms with E-state index in [2.05, 4.69) is 38.6 Å². The van der Waals surface area contributed by atoms with Crippen LogP contribution in [0, 0.1) is 0 Å². The third kappa shape index (κ3) is 2.31. The highest BCUT2D eigenvalue weighted by molar-refractivity contribution is 5.37. The van der Waals surface area contributed by atoms with Crippen molar-refractivity contribution in [2.24, 2.45) is 0 Å². The highest BCUT2D eigenvalue weighted by Crippen LogP contribution is 2.41. The number of allylic oxidation sites excluding steroid dienone is 1. The smallest absolute Gasteiger partial charge is 0.00129 e. The van der Waals surface area contributed by atoms with E-state index in [-0.39, 0.29) is 0 Å². The van der Waals surface area contributed by atoms with Crippen LogP contribution in [0.4, 0.5) is 0 Å². The molecular formula is C15H20. The minimum Gasteiger partial charge on any atom is -0.102 e. The highest BCUT2D eigenvalue weighted by atomic mass is 14.3. The Morgan fingerprint density at radius 3 is 2.67 bits per heavy atom. The summed E-state index contributed by atoms with van der Waals surface area (Å²) in [6.07, 6.45) is 5.94. The molecule has 15 heavy (non-hydrogen) atoms. The summed E-state index contributed by atoms with van der Waals surface area (Å²) >= 11 is 0. The zero-order valence-corrected chi connectivity index (χ0v) is 9.79. The molecule has 0 heteroatoms. The monoisotopic (exact) mass is 200 g/mol. The third-order valence-corrected chi connectivity index (χ3v) is 3.37. The van der Waals surface area contributed by atoms with E-state index >= 15 is 0 Å². The van der Waals surface area contributed by atoms with Gasteiger partial charge in [-0.3, -0.25) is 0 Å². The fourth-order valence-electron chi connectivity index (χ4n) is 2.00. The summed E-state index contributed by atoms with van der Waals surface area (Å²) in [5.41, 5.74) is 4.47. The van der Waals surface area contributed by atoms with Crippen LogP contribution in [0.3, 0.4) is 0 Å². The van der Waals surface area contributed by atoms with E-state index < -0.39 is 0 Å². The van der Waals surface area contributed by atoms with Crippen LogP contribution in [-0.4, -0.2) is 0 Å². The minimum atomic E-state index is 0.481. The summed E-state index contributed by atoms with van der Waals surface area (Å²) in [4.78, 5) is 0. The second-order valence-electron chi connectivity index (χ2n) is 4.66. The number of rotatable bonds is 4. The molecule has 0 spiro atoms. The van der Waals surface area contributed by atoms with Crippen molar-refractivity contribution in [3.8, 4) is 0 Å². The van der Waals surface area contributed by atoms with Gasteiger partial charge in [0.25, 0.3) is 0 Å². The molecule has 2 rings (SSSR count).